The number of benzene rings is 1. The van der Waals surface area contributed by atoms with Gasteiger partial charge in [0.25, 0.3) is 0 Å². The maximum Gasteiger partial charge on any atom is 0.355 e. The highest BCUT2D eigenvalue weighted by atomic mass is 79.9. The van der Waals surface area contributed by atoms with Gasteiger partial charge in [0.15, 0.2) is 12.4 Å². The predicted molar refractivity (Wildman–Crippen MR) is 126 cm³/mol. The lowest BCUT2D eigenvalue weighted by molar-refractivity contribution is -0.153. The summed E-state index contributed by atoms with van der Waals surface area (Å²) in [6.07, 6.45) is 0. The number of rotatable bonds is 7. The van der Waals surface area contributed by atoms with E-state index in [9.17, 15) is 19.2 Å². The summed E-state index contributed by atoms with van der Waals surface area (Å²) in [5.41, 5.74) is 0.454. The first-order chi connectivity index (χ1) is 15.5. The number of carbonyl (C=O) groups excluding carboxylic acids is 4. The molecule has 2 fully saturated rings. The van der Waals surface area contributed by atoms with Crippen molar-refractivity contribution in [2.45, 2.75) is 33.4 Å². The van der Waals surface area contributed by atoms with Gasteiger partial charge < -0.3 is 9.47 Å². The molecule has 176 valence electrons. The van der Waals surface area contributed by atoms with Crippen LogP contribution in [0.2, 0.25) is 0 Å². The number of ether oxygens (including phenoxy) is 2. The summed E-state index contributed by atoms with van der Waals surface area (Å²) in [6, 6.07) is 5.85. The smallest absolute Gasteiger partial charge is 0.355 e. The van der Waals surface area contributed by atoms with Crippen LogP contribution in [0.25, 0.3) is 0 Å². The molecule has 3 aliphatic rings. The van der Waals surface area contributed by atoms with E-state index in [0.29, 0.717) is 5.56 Å². The van der Waals surface area contributed by atoms with Crippen LogP contribution in [0.1, 0.15) is 17.3 Å². The van der Waals surface area contributed by atoms with Crippen molar-refractivity contribution >= 4 is 86.1 Å². The molecule has 2 bridgehead atoms. The van der Waals surface area contributed by atoms with Crippen LogP contribution in [0.15, 0.2) is 40.0 Å². The van der Waals surface area contributed by atoms with E-state index in [1.807, 2.05) is 0 Å². The van der Waals surface area contributed by atoms with Gasteiger partial charge in [-0.05, 0) is 12.1 Å². The van der Waals surface area contributed by atoms with Crippen LogP contribution in [0.4, 0.5) is 0 Å². The molecule has 1 amide bonds. The number of alkyl halides is 3. The third-order valence-corrected chi connectivity index (χ3v) is 9.19. The van der Waals surface area contributed by atoms with E-state index < -0.39 is 56.7 Å². The van der Waals surface area contributed by atoms with Crippen LogP contribution in [0, 0.1) is 0 Å². The normalized spacial score (nSPS) is 27.9. The second-order valence-electron chi connectivity index (χ2n) is 7.47. The molecule has 1 aromatic rings. The van der Waals surface area contributed by atoms with Crippen molar-refractivity contribution in [2.75, 3.05) is 13.2 Å². The summed E-state index contributed by atoms with van der Waals surface area (Å²) in [7, 11) is 0. The molecule has 0 spiro atoms. The quantitative estimate of drug-likeness (QED) is 0.168. The summed E-state index contributed by atoms with van der Waals surface area (Å²) in [5.74, 6) is -2.37. The van der Waals surface area contributed by atoms with Crippen molar-refractivity contribution in [3.05, 3.63) is 45.6 Å². The van der Waals surface area contributed by atoms with E-state index in [4.69, 9.17) is 44.3 Å². The zero-order valence-corrected chi connectivity index (χ0v) is 21.5. The van der Waals surface area contributed by atoms with Gasteiger partial charge in [0, 0.05) is 22.5 Å². The lowest BCUT2D eigenvalue weighted by Crippen LogP contribution is -2.80. The van der Waals surface area contributed by atoms with Gasteiger partial charge >= 0.3 is 11.9 Å². The maximum absolute atomic E-state index is 13.1. The number of hydrogen-bond acceptors (Lipinski definition) is 8. The summed E-state index contributed by atoms with van der Waals surface area (Å²) in [6.45, 7) is 0.324. The molecule has 0 radical (unpaired) electrons. The molecule has 2 saturated heterocycles. The Bertz CT molecular complexity index is 1070. The number of fused-ring (bicyclic) bond motifs is 1. The molecule has 0 aromatic heterocycles. The summed E-state index contributed by atoms with van der Waals surface area (Å²) in [5, 5.41) is 1.80. The number of thioether (sulfide) groups is 1. The minimum Gasteiger partial charge on any atom is -0.461 e. The van der Waals surface area contributed by atoms with Crippen molar-refractivity contribution in [2.24, 2.45) is 0 Å². The third kappa shape index (κ3) is 4.41. The maximum atomic E-state index is 13.1. The second kappa shape index (κ2) is 9.39. The van der Waals surface area contributed by atoms with Crippen LogP contribution < -0.4 is 5.32 Å². The standard InChI is InChI=1S/C20H16BrCl3N2O6S/c1-8(27)31-6-11-14(18(30)32-7-12(28)9-2-4-10(21)5-3-9)26-16(29)13-17(26)33-15(11)20(24,25-13)19(22)23/h2-5,13,15,17,19,25H,6-7H2,1H3/t13-,15?,17-,20?/m0/s1. The van der Waals surface area contributed by atoms with Crippen molar-refractivity contribution in [1.29, 1.82) is 0 Å². The Labute approximate surface area is 216 Å². The Hall–Kier alpha value is -1.30. The molecular formula is C20H16BrCl3N2O6S. The van der Waals surface area contributed by atoms with Crippen LogP contribution in [-0.2, 0) is 23.9 Å². The molecule has 13 heteroatoms. The number of nitrogens with zero attached hydrogens (tertiary/aromatic N) is 1. The molecule has 33 heavy (non-hydrogen) atoms. The number of β-lactam (4-membered cyclic amide) rings is 1. The van der Waals surface area contributed by atoms with Gasteiger partial charge in [-0.25, -0.2) is 4.79 Å². The number of amides is 1. The highest BCUT2D eigenvalue weighted by Crippen LogP contribution is 2.55. The molecule has 1 aromatic carbocycles. The Morgan fingerprint density at radius 3 is 2.52 bits per heavy atom. The highest BCUT2D eigenvalue weighted by molar-refractivity contribution is 9.10. The van der Waals surface area contributed by atoms with Crippen LogP contribution in [-0.4, -0.2) is 68.2 Å². The van der Waals surface area contributed by atoms with Gasteiger partial charge in [-0.1, -0.05) is 39.7 Å². The number of hydrogen-bond donors (Lipinski definition) is 1. The summed E-state index contributed by atoms with van der Waals surface area (Å²) in [4.78, 5) is 48.5. The van der Waals surface area contributed by atoms with Gasteiger partial charge in [0.1, 0.15) is 33.6 Å². The molecule has 1 N–H and O–H groups in total. The lowest BCUT2D eigenvalue weighted by Gasteiger charge is -2.60. The highest BCUT2D eigenvalue weighted by Gasteiger charge is 2.66. The Kier molecular flexibility index (Phi) is 7.06. The second-order valence-corrected chi connectivity index (χ2v) is 11.3. The number of carbonyl (C=O) groups is 4. The molecule has 0 aliphatic carbocycles. The Morgan fingerprint density at radius 1 is 1.24 bits per heavy atom. The molecular weight excluding hydrogens is 583 g/mol. The SMILES string of the molecule is CC(=O)OCC1=C(C(=O)OCC(=O)c2ccc(Br)cc2)N2C(=O)[C@@H]3NC(Cl)(C(Cl)Cl)C1S[C@@H]32. The van der Waals surface area contributed by atoms with Gasteiger partial charge in [-0.15, -0.1) is 35.0 Å². The largest absolute Gasteiger partial charge is 0.461 e. The number of esters is 2. The van der Waals surface area contributed by atoms with Crippen molar-refractivity contribution in [3.63, 3.8) is 0 Å². The van der Waals surface area contributed by atoms with Gasteiger partial charge in [-0.3, -0.25) is 24.6 Å². The van der Waals surface area contributed by atoms with E-state index in [-0.39, 0.29) is 17.9 Å². The van der Waals surface area contributed by atoms with Crippen LogP contribution in [0.5, 0.6) is 0 Å². The topological polar surface area (TPSA) is 102 Å². The van der Waals surface area contributed by atoms with Gasteiger partial charge in [0.2, 0.25) is 5.91 Å². The fourth-order valence-corrected chi connectivity index (χ4v) is 6.68. The Balaban J connectivity index is 1.65. The average molecular weight is 599 g/mol. The minimum absolute atomic E-state index is 0.115. The molecule has 3 aliphatic heterocycles. The van der Waals surface area contributed by atoms with E-state index >= 15 is 0 Å². The molecule has 8 nitrogen and oxygen atoms in total. The number of nitrogens with one attached hydrogen (secondary N) is 1. The summed E-state index contributed by atoms with van der Waals surface area (Å²) >= 11 is 23.6. The van der Waals surface area contributed by atoms with Crippen molar-refractivity contribution in [1.82, 2.24) is 10.2 Å². The minimum atomic E-state index is -1.51. The van der Waals surface area contributed by atoms with E-state index in [0.717, 1.165) is 4.47 Å². The number of ketones is 1. The average Bonchev–Trinajstić information content (AvgIpc) is 2.77. The van der Waals surface area contributed by atoms with E-state index in [1.54, 1.807) is 24.3 Å². The molecule has 3 heterocycles. The first-order valence-electron chi connectivity index (χ1n) is 9.60. The lowest BCUT2D eigenvalue weighted by atomic mass is 9.93. The van der Waals surface area contributed by atoms with Crippen molar-refractivity contribution in [3.8, 4) is 0 Å². The Morgan fingerprint density at radius 2 is 1.91 bits per heavy atom. The third-order valence-electron chi connectivity index (χ3n) is 5.38. The molecule has 0 saturated carbocycles. The molecule has 4 atom stereocenters. The zero-order valence-electron chi connectivity index (χ0n) is 16.8. The first-order valence-corrected chi connectivity index (χ1v) is 12.6. The van der Waals surface area contributed by atoms with Crippen LogP contribution >= 0.6 is 62.5 Å². The molecule has 4 rings (SSSR count). The zero-order chi connectivity index (χ0) is 24.1. The van der Waals surface area contributed by atoms with E-state index in [1.165, 1.54) is 23.6 Å². The fraction of sp³-hybridized carbons (Fsp3) is 0.400. The number of Topliss-reactive ketones (excluding diaryl/α,β-unsaturated/α-hetero) is 1. The van der Waals surface area contributed by atoms with E-state index in [2.05, 4.69) is 21.2 Å². The fourth-order valence-electron chi connectivity index (χ4n) is 3.79. The van der Waals surface area contributed by atoms with Gasteiger partial charge in [0.05, 0.1) is 5.25 Å². The predicted octanol–water partition coefficient (Wildman–Crippen LogP) is 2.99. The van der Waals surface area contributed by atoms with Crippen LogP contribution in [0.3, 0.4) is 0 Å². The summed E-state index contributed by atoms with van der Waals surface area (Å²) < 4.78 is 11.2. The molecule has 2 unspecified atom stereocenters. The monoisotopic (exact) mass is 596 g/mol. The van der Waals surface area contributed by atoms with Crippen molar-refractivity contribution < 1.29 is 28.7 Å². The number of halogens is 4. The van der Waals surface area contributed by atoms with Gasteiger partial charge in [-0.2, -0.15) is 0 Å². The first kappa shape index (κ1) is 24.8.